The number of hydrogen-bond acceptors (Lipinski definition) is 1. The molecule has 102 valence electrons. The molecule has 0 bridgehead atoms. The van der Waals surface area contributed by atoms with Crippen molar-refractivity contribution < 1.29 is 18.0 Å². The van der Waals surface area contributed by atoms with E-state index in [4.69, 9.17) is 0 Å². The van der Waals surface area contributed by atoms with Crippen molar-refractivity contribution in [1.29, 1.82) is 0 Å². The lowest BCUT2D eigenvalue weighted by molar-refractivity contribution is -0.111. The maximum atomic E-state index is 13.3. The third-order valence-corrected chi connectivity index (χ3v) is 2.49. The summed E-state index contributed by atoms with van der Waals surface area (Å²) in [6.07, 6.45) is 2.41. The molecule has 2 aromatic rings. The van der Waals surface area contributed by atoms with Crippen molar-refractivity contribution in [2.24, 2.45) is 0 Å². The van der Waals surface area contributed by atoms with Gasteiger partial charge in [-0.05, 0) is 35.9 Å². The molecule has 0 aromatic heterocycles. The third-order valence-electron chi connectivity index (χ3n) is 2.49. The summed E-state index contributed by atoms with van der Waals surface area (Å²) >= 11 is 0. The van der Waals surface area contributed by atoms with Crippen LogP contribution in [0, 0.1) is 17.5 Å². The van der Waals surface area contributed by atoms with Gasteiger partial charge in [0.2, 0.25) is 5.91 Å². The Morgan fingerprint density at radius 1 is 1.00 bits per heavy atom. The SMILES string of the molecule is O=C(C=Cc1cccc(F)c1)Nc1c(F)cccc1F. The Morgan fingerprint density at radius 3 is 2.30 bits per heavy atom. The zero-order valence-electron chi connectivity index (χ0n) is 10.2. The first kappa shape index (κ1) is 13.9. The lowest BCUT2D eigenvalue weighted by atomic mass is 10.2. The van der Waals surface area contributed by atoms with Crippen molar-refractivity contribution in [2.75, 3.05) is 5.32 Å². The smallest absolute Gasteiger partial charge is 0.248 e. The van der Waals surface area contributed by atoms with E-state index >= 15 is 0 Å². The molecule has 0 saturated carbocycles. The van der Waals surface area contributed by atoms with Gasteiger partial charge >= 0.3 is 0 Å². The second kappa shape index (κ2) is 6.06. The largest absolute Gasteiger partial charge is 0.318 e. The van der Waals surface area contributed by atoms with Crippen LogP contribution in [0.4, 0.5) is 18.9 Å². The quantitative estimate of drug-likeness (QED) is 0.850. The Bertz CT molecular complexity index is 648. The number of amides is 1. The van der Waals surface area contributed by atoms with Crippen molar-refractivity contribution in [3.05, 3.63) is 71.6 Å². The lowest BCUT2D eigenvalue weighted by Crippen LogP contribution is -2.10. The normalized spacial score (nSPS) is 10.8. The van der Waals surface area contributed by atoms with Gasteiger partial charge in [0.25, 0.3) is 0 Å². The molecule has 0 heterocycles. The van der Waals surface area contributed by atoms with Gasteiger partial charge in [0.15, 0.2) is 0 Å². The molecule has 0 aliphatic carbocycles. The molecular weight excluding hydrogens is 267 g/mol. The zero-order chi connectivity index (χ0) is 14.5. The van der Waals surface area contributed by atoms with Crippen LogP contribution in [0.1, 0.15) is 5.56 Å². The number of carbonyl (C=O) groups is 1. The summed E-state index contributed by atoms with van der Waals surface area (Å²) in [5.41, 5.74) is -0.0458. The highest BCUT2D eigenvalue weighted by molar-refractivity contribution is 6.02. The second-order valence-electron chi connectivity index (χ2n) is 3.97. The van der Waals surface area contributed by atoms with Crippen LogP contribution in [-0.4, -0.2) is 5.91 Å². The Morgan fingerprint density at radius 2 is 1.65 bits per heavy atom. The molecule has 0 unspecified atom stereocenters. The van der Waals surface area contributed by atoms with E-state index in [0.717, 1.165) is 18.2 Å². The van der Waals surface area contributed by atoms with Crippen LogP contribution in [0.5, 0.6) is 0 Å². The van der Waals surface area contributed by atoms with E-state index in [-0.39, 0.29) is 0 Å². The number of halogens is 3. The fraction of sp³-hybridized carbons (Fsp3) is 0. The zero-order valence-corrected chi connectivity index (χ0v) is 10.2. The van der Waals surface area contributed by atoms with Crippen molar-refractivity contribution in [3.8, 4) is 0 Å². The average Bonchev–Trinajstić information content (AvgIpc) is 2.41. The highest BCUT2D eigenvalue weighted by atomic mass is 19.1. The predicted octanol–water partition coefficient (Wildman–Crippen LogP) is 3.76. The molecule has 0 aliphatic rings. The molecule has 0 spiro atoms. The Kier molecular flexibility index (Phi) is 4.20. The third kappa shape index (κ3) is 3.47. The number of rotatable bonds is 3. The first-order valence-corrected chi connectivity index (χ1v) is 5.75. The molecule has 0 fully saturated rings. The predicted molar refractivity (Wildman–Crippen MR) is 70.4 cm³/mol. The molecular formula is C15H10F3NO. The van der Waals surface area contributed by atoms with E-state index in [0.29, 0.717) is 5.56 Å². The first-order chi connectivity index (χ1) is 9.56. The van der Waals surface area contributed by atoms with Gasteiger partial charge in [-0.1, -0.05) is 18.2 Å². The number of hydrogen-bond donors (Lipinski definition) is 1. The molecule has 0 saturated heterocycles. The average molecular weight is 277 g/mol. The standard InChI is InChI=1S/C15H10F3NO/c16-11-4-1-3-10(9-11)7-8-14(20)19-15-12(17)5-2-6-13(15)18/h1-9H,(H,19,20). The molecule has 5 heteroatoms. The molecule has 2 aromatic carbocycles. The van der Waals surface area contributed by atoms with Crippen molar-refractivity contribution in [2.45, 2.75) is 0 Å². The molecule has 20 heavy (non-hydrogen) atoms. The van der Waals surface area contributed by atoms with Gasteiger partial charge < -0.3 is 5.32 Å². The van der Waals surface area contributed by atoms with Gasteiger partial charge in [-0.2, -0.15) is 0 Å². The van der Waals surface area contributed by atoms with Gasteiger partial charge in [-0.3, -0.25) is 4.79 Å². The van der Waals surface area contributed by atoms with Crippen LogP contribution in [0.3, 0.4) is 0 Å². The number of nitrogens with one attached hydrogen (secondary N) is 1. The molecule has 0 radical (unpaired) electrons. The summed E-state index contributed by atoms with van der Waals surface area (Å²) in [5.74, 6) is -2.87. The van der Waals surface area contributed by atoms with Crippen molar-refractivity contribution >= 4 is 17.7 Å². The van der Waals surface area contributed by atoms with Gasteiger partial charge in [-0.25, -0.2) is 13.2 Å². The Balaban J connectivity index is 2.10. The van der Waals surface area contributed by atoms with Gasteiger partial charge in [-0.15, -0.1) is 0 Å². The molecule has 0 atom stereocenters. The molecule has 0 aliphatic heterocycles. The van der Waals surface area contributed by atoms with Crippen LogP contribution in [0.15, 0.2) is 48.5 Å². The minimum absolute atomic E-state index is 0.437. The summed E-state index contributed by atoms with van der Waals surface area (Å²) in [5, 5.41) is 2.09. The van der Waals surface area contributed by atoms with E-state index in [1.165, 1.54) is 30.3 Å². The number of para-hydroxylation sites is 1. The van der Waals surface area contributed by atoms with Gasteiger partial charge in [0.05, 0.1) is 0 Å². The molecule has 1 amide bonds. The van der Waals surface area contributed by atoms with Crippen LogP contribution >= 0.6 is 0 Å². The maximum absolute atomic E-state index is 13.3. The summed E-state index contributed by atoms with van der Waals surface area (Å²) in [6.45, 7) is 0. The van der Waals surface area contributed by atoms with Crippen LogP contribution in [0.2, 0.25) is 0 Å². The van der Waals surface area contributed by atoms with E-state index < -0.39 is 29.0 Å². The Hall–Kier alpha value is -2.56. The summed E-state index contributed by atoms with van der Waals surface area (Å²) in [6, 6.07) is 8.85. The molecule has 2 nitrogen and oxygen atoms in total. The molecule has 2 rings (SSSR count). The minimum Gasteiger partial charge on any atom is -0.318 e. The van der Waals surface area contributed by atoms with Crippen LogP contribution in [0.25, 0.3) is 6.08 Å². The van der Waals surface area contributed by atoms with Gasteiger partial charge in [0, 0.05) is 6.08 Å². The van der Waals surface area contributed by atoms with Crippen molar-refractivity contribution in [1.82, 2.24) is 0 Å². The highest BCUT2D eigenvalue weighted by Gasteiger charge is 2.09. The highest BCUT2D eigenvalue weighted by Crippen LogP contribution is 2.18. The number of anilines is 1. The number of benzene rings is 2. The van der Waals surface area contributed by atoms with Gasteiger partial charge in [0.1, 0.15) is 23.1 Å². The van der Waals surface area contributed by atoms with E-state index in [2.05, 4.69) is 5.32 Å². The van der Waals surface area contributed by atoms with E-state index in [1.54, 1.807) is 6.07 Å². The van der Waals surface area contributed by atoms with Crippen LogP contribution < -0.4 is 5.32 Å². The summed E-state index contributed by atoms with van der Waals surface area (Å²) in [7, 11) is 0. The summed E-state index contributed by atoms with van der Waals surface area (Å²) in [4.78, 5) is 11.6. The monoisotopic (exact) mass is 277 g/mol. The van der Waals surface area contributed by atoms with E-state index in [9.17, 15) is 18.0 Å². The number of carbonyl (C=O) groups excluding carboxylic acids is 1. The Labute approximate surface area is 113 Å². The minimum atomic E-state index is -0.863. The van der Waals surface area contributed by atoms with E-state index in [1.807, 2.05) is 0 Å². The topological polar surface area (TPSA) is 29.1 Å². The maximum Gasteiger partial charge on any atom is 0.248 e. The summed E-state index contributed by atoms with van der Waals surface area (Å²) < 4.78 is 39.5. The first-order valence-electron chi connectivity index (χ1n) is 5.75. The second-order valence-corrected chi connectivity index (χ2v) is 3.97. The fourth-order valence-electron chi connectivity index (χ4n) is 1.56. The lowest BCUT2D eigenvalue weighted by Gasteiger charge is -2.04. The molecule has 1 N–H and O–H groups in total. The van der Waals surface area contributed by atoms with Crippen LogP contribution in [-0.2, 0) is 4.79 Å². The fourth-order valence-corrected chi connectivity index (χ4v) is 1.56. The van der Waals surface area contributed by atoms with Crippen molar-refractivity contribution in [3.63, 3.8) is 0 Å².